The van der Waals surface area contributed by atoms with Gasteiger partial charge in [-0.2, -0.15) is 0 Å². The molecule has 0 N–H and O–H groups in total. The Hall–Kier alpha value is -2.01. The van der Waals surface area contributed by atoms with Crippen molar-refractivity contribution < 1.29 is 9.53 Å². The van der Waals surface area contributed by atoms with Gasteiger partial charge in [0.1, 0.15) is 6.10 Å². The van der Waals surface area contributed by atoms with Gasteiger partial charge in [-0.05, 0) is 36.8 Å². The first kappa shape index (κ1) is 17.4. The Morgan fingerprint density at radius 1 is 1.15 bits per heavy atom. The first-order valence-electron chi connectivity index (χ1n) is 9.38. The van der Waals surface area contributed by atoms with Gasteiger partial charge in [0.05, 0.1) is 5.56 Å². The van der Waals surface area contributed by atoms with E-state index in [0.29, 0.717) is 5.88 Å². The third kappa shape index (κ3) is 3.45. The molecule has 2 aliphatic heterocycles. The summed E-state index contributed by atoms with van der Waals surface area (Å²) in [6.45, 7) is 2.12. The normalized spacial score (nSPS) is 24.5. The Bertz CT molecular complexity index is 754. The topological polar surface area (TPSA) is 42.4 Å². The monoisotopic (exact) mass is 368 g/mol. The molecule has 1 aromatic heterocycles. The molecule has 2 saturated heterocycles. The predicted octanol–water partition coefficient (Wildman–Crippen LogP) is 4.41. The Kier molecular flexibility index (Phi) is 5.16. The van der Waals surface area contributed by atoms with Gasteiger partial charge in [0.15, 0.2) is 0 Å². The maximum absolute atomic E-state index is 13.3. The Labute approximate surface area is 159 Å². The average Bonchev–Trinajstić information content (AvgIpc) is 2.93. The quantitative estimate of drug-likeness (QED) is 0.733. The van der Waals surface area contributed by atoms with Crippen molar-refractivity contribution in [2.45, 2.75) is 55.7 Å². The number of amides is 1. The third-order valence-electron chi connectivity index (χ3n) is 5.27. The highest BCUT2D eigenvalue weighted by Gasteiger charge is 2.44. The molecule has 2 atom stereocenters. The van der Waals surface area contributed by atoms with E-state index in [1.807, 2.05) is 36.4 Å². The first-order chi connectivity index (χ1) is 12.8. The molecule has 1 amide bonds. The lowest BCUT2D eigenvalue weighted by atomic mass is 9.98. The highest BCUT2D eigenvalue weighted by Crippen LogP contribution is 2.39. The summed E-state index contributed by atoms with van der Waals surface area (Å²) >= 11 is 1.74. The van der Waals surface area contributed by atoms with Crippen LogP contribution in [0.25, 0.3) is 0 Å². The van der Waals surface area contributed by atoms with Crippen molar-refractivity contribution in [1.82, 2.24) is 9.88 Å². The summed E-state index contributed by atoms with van der Waals surface area (Å²) in [6, 6.07) is 14.3. The Morgan fingerprint density at radius 2 is 1.88 bits per heavy atom. The second kappa shape index (κ2) is 7.70. The number of piperidine rings is 1. The van der Waals surface area contributed by atoms with E-state index in [0.717, 1.165) is 41.9 Å². The predicted molar refractivity (Wildman–Crippen MR) is 104 cm³/mol. The van der Waals surface area contributed by atoms with Crippen LogP contribution in [0.5, 0.6) is 5.88 Å². The number of rotatable bonds is 5. The molecule has 1 aromatic carbocycles. The lowest BCUT2D eigenvalue weighted by molar-refractivity contribution is 0.0345. The molecule has 2 aliphatic rings. The van der Waals surface area contributed by atoms with E-state index in [9.17, 15) is 4.79 Å². The number of aromatic nitrogens is 1. The number of carbonyl (C=O) groups is 1. The van der Waals surface area contributed by atoms with Crippen molar-refractivity contribution in [2.75, 3.05) is 5.75 Å². The zero-order valence-corrected chi connectivity index (χ0v) is 15.8. The largest absolute Gasteiger partial charge is 0.474 e. The van der Waals surface area contributed by atoms with Crippen molar-refractivity contribution in [3.63, 3.8) is 0 Å². The second-order valence-electron chi connectivity index (χ2n) is 6.91. The maximum Gasteiger partial charge on any atom is 0.255 e. The molecule has 0 aliphatic carbocycles. The Balaban J connectivity index is 1.49. The van der Waals surface area contributed by atoms with Gasteiger partial charge in [-0.25, -0.2) is 4.98 Å². The molecule has 0 radical (unpaired) electrons. The minimum absolute atomic E-state index is 0.145. The number of carbonyl (C=O) groups excluding carboxylic acids is 1. The van der Waals surface area contributed by atoms with Crippen molar-refractivity contribution >= 4 is 17.7 Å². The molecule has 2 bridgehead atoms. The number of benzene rings is 1. The number of fused-ring (bicyclic) bond motifs is 2. The molecule has 5 heteroatoms. The van der Waals surface area contributed by atoms with Crippen LogP contribution in [0.4, 0.5) is 0 Å². The zero-order chi connectivity index (χ0) is 17.9. The van der Waals surface area contributed by atoms with Gasteiger partial charge in [-0.3, -0.25) is 4.79 Å². The van der Waals surface area contributed by atoms with Crippen molar-refractivity contribution in [1.29, 1.82) is 0 Å². The van der Waals surface area contributed by atoms with Gasteiger partial charge in [0.2, 0.25) is 5.88 Å². The second-order valence-corrected chi connectivity index (χ2v) is 8.21. The number of hydrogen-bond donors (Lipinski definition) is 0. The fraction of sp³-hybridized carbons (Fsp3) is 0.429. The molecule has 2 unspecified atom stereocenters. The third-order valence-corrected chi connectivity index (χ3v) is 6.22. The molecule has 2 fully saturated rings. The standard InChI is InChI=1S/C21H24N2O2S/c1-2-26-19-8-4-3-7-18(19)21(24)23-15-10-11-16(23)14-17(13-15)25-20-9-5-6-12-22-20/h3-9,12,15-17H,2,10-11,13-14H2,1H3. The first-order valence-corrected chi connectivity index (χ1v) is 10.4. The lowest BCUT2D eigenvalue weighted by Crippen LogP contribution is -2.49. The molecule has 4 nitrogen and oxygen atoms in total. The van der Waals surface area contributed by atoms with Gasteiger partial charge in [-0.1, -0.05) is 25.1 Å². The SMILES string of the molecule is CCSc1ccccc1C(=O)N1C2CCC1CC(Oc1ccccn1)C2. The van der Waals surface area contributed by atoms with E-state index < -0.39 is 0 Å². The molecule has 26 heavy (non-hydrogen) atoms. The van der Waals surface area contributed by atoms with E-state index in [1.165, 1.54) is 0 Å². The van der Waals surface area contributed by atoms with Crippen LogP contribution < -0.4 is 4.74 Å². The lowest BCUT2D eigenvalue weighted by Gasteiger charge is -2.39. The molecular weight excluding hydrogens is 344 g/mol. The van der Waals surface area contributed by atoms with E-state index in [1.54, 1.807) is 18.0 Å². The molecule has 4 rings (SSSR count). The van der Waals surface area contributed by atoms with Gasteiger partial charge in [-0.15, -0.1) is 11.8 Å². The van der Waals surface area contributed by atoms with E-state index in [-0.39, 0.29) is 24.1 Å². The summed E-state index contributed by atoms with van der Waals surface area (Å²) in [5, 5.41) is 0. The van der Waals surface area contributed by atoms with Crippen LogP contribution in [0, 0.1) is 0 Å². The fourth-order valence-corrected chi connectivity index (χ4v) is 5.00. The molecular formula is C21H24N2O2S. The zero-order valence-electron chi connectivity index (χ0n) is 15.0. The summed E-state index contributed by atoms with van der Waals surface area (Å²) < 4.78 is 6.08. The number of thioether (sulfide) groups is 1. The minimum Gasteiger partial charge on any atom is -0.474 e. The summed E-state index contributed by atoms with van der Waals surface area (Å²) in [4.78, 5) is 20.8. The highest BCUT2D eigenvalue weighted by molar-refractivity contribution is 7.99. The summed E-state index contributed by atoms with van der Waals surface area (Å²) in [5.74, 6) is 1.84. The molecule has 0 spiro atoms. The van der Waals surface area contributed by atoms with Crippen LogP contribution in [0.1, 0.15) is 43.0 Å². The van der Waals surface area contributed by atoms with E-state index >= 15 is 0 Å². The van der Waals surface area contributed by atoms with Gasteiger partial charge < -0.3 is 9.64 Å². The summed E-state index contributed by atoms with van der Waals surface area (Å²) in [5.41, 5.74) is 0.848. The number of nitrogens with zero attached hydrogens (tertiary/aromatic N) is 2. The van der Waals surface area contributed by atoms with Gasteiger partial charge in [0.25, 0.3) is 5.91 Å². The van der Waals surface area contributed by atoms with Crippen LogP contribution in [0.15, 0.2) is 53.6 Å². The van der Waals surface area contributed by atoms with Crippen LogP contribution in [-0.2, 0) is 0 Å². The number of pyridine rings is 1. The van der Waals surface area contributed by atoms with Crippen LogP contribution >= 0.6 is 11.8 Å². The minimum atomic E-state index is 0.145. The number of hydrogen-bond acceptors (Lipinski definition) is 4. The molecule has 0 saturated carbocycles. The number of ether oxygens (including phenoxy) is 1. The van der Waals surface area contributed by atoms with Crippen molar-refractivity contribution in [3.05, 3.63) is 54.2 Å². The average molecular weight is 369 g/mol. The van der Waals surface area contributed by atoms with Gasteiger partial charge in [0, 0.05) is 42.1 Å². The molecule has 136 valence electrons. The smallest absolute Gasteiger partial charge is 0.255 e. The van der Waals surface area contributed by atoms with E-state index in [4.69, 9.17) is 4.74 Å². The van der Waals surface area contributed by atoms with Gasteiger partial charge >= 0.3 is 0 Å². The maximum atomic E-state index is 13.3. The summed E-state index contributed by atoms with van der Waals surface area (Å²) in [6.07, 6.45) is 5.82. The molecule has 2 aromatic rings. The van der Waals surface area contributed by atoms with Crippen molar-refractivity contribution in [2.24, 2.45) is 0 Å². The highest BCUT2D eigenvalue weighted by atomic mass is 32.2. The van der Waals surface area contributed by atoms with Crippen LogP contribution in [-0.4, -0.2) is 39.7 Å². The van der Waals surface area contributed by atoms with Crippen LogP contribution in [0.2, 0.25) is 0 Å². The molecule has 3 heterocycles. The van der Waals surface area contributed by atoms with Crippen LogP contribution in [0.3, 0.4) is 0 Å². The van der Waals surface area contributed by atoms with E-state index in [2.05, 4.69) is 22.9 Å². The van der Waals surface area contributed by atoms with Crippen molar-refractivity contribution in [3.8, 4) is 5.88 Å². The fourth-order valence-electron chi connectivity index (χ4n) is 4.21. The summed E-state index contributed by atoms with van der Waals surface area (Å²) in [7, 11) is 0. The Morgan fingerprint density at radius 3 is 2.58 bits per heavy atom.